The summed E-state index contributed by atoms with van der Waals surface area (Å²) < 4.78 is 44.4. The molecule has 11 heteroatoms. The highest BCUT2D eigenvalue weighted by atomic mass is 35.5. The number of hydrogen-bond acceptors (Lipinski definition) is 7. The molecule has 0 saturated carbocycles. The van der Waals surface area contributed by atoms with E-state index >= 15 is 0 Å². The van der Waals surface area contributed by atoms with Crippen LogP contribution in [0.2, 0.25) is 0 Å². The molecule has 1 amide bonds. The summed E-state index contributed by atoms with van der Waals surface area (Å²) in [5, 5.41) is 0.363. The highest BCUT2D eigenvalue weighted by Gasteiger charge is 2.23. The molecular weight excluding hydrogens is 488 g/mol. The molecular formula is C23H24ClF2N3O4S. The lowest BCUT2D eigenvalue weighted by atomic mass is 10.1. The van der Waals surface area contributed by atoms with Crippen LogP contribution in [0.15, 0.2) is 30.3 Å². The molecule has 7 nitrogen and oxygen atoms in total. The highest BCUT2D eigenvalue weighted by molar-refractivity contribution is 7.22. The van der Waals surface area contributed by atoms with Gasteiger partial charge < -0.3 is 14.2 Å². The number of carbonyl (C=O) groups excluding carboxylic acids is 1. The second kappa shape index (κ2) is 10.8. The van der Waals surface area contributed by atoms with Crippen molar-refractivity contribution in [1.29, 1.82) is 0 Å². The SMILES string of the molecule is Cl.O=C(Cc1ccc2c(c1)OCO2)N(CCCN1CCOCC1)c1nc2c(F)cc(F)cc2s1. The number of halogens is 3. The second-order valence-corrected chi connectivity index (χ2v) is 8.96. The molecule has 5 rings (SSSR count). The van der Waals surface area contributed by atoms with Crippen molar-refractivity contribution >= 4 is 45.0 Å². The highest BCUT2D eigenvalue weighted by Crippen LogP contribution is 2.34. The molecule has 0 radical (unpaired) electrons. The molecule has 0 aliphatic carbocycles. The van der Waals surface area contributed by atoms with Gasteiger partial charge in [0.2, 0.25) is 12.7 Å². The lowest BCUT2D eigenvalue weighted by Gasteiger charge is -2.27. The van der Waals surface area contributed by atoms with Crippen molar-refractivity contribution in [2.24, 2.45) is 0 Å². The van der Waals surface area contributed by atoms with Gasteiger partial charge in [0.15, 0.2) is 22.4 Å². The Hall–Kier alpha value is -2.53. The van der Waals surface area contributed by atoms with Gasteiger partial charge in [-0.25, -0.2) is 13.8 Å². The predicted molar refractivity (Wildman–Crippen MR) is 127 cm³/mol. The van der Waals surface area contributed by atoms with Crippen molar-refractivity contribution in [3.63, 3.8) is 0 Å². The Morgan fingerprint density at radius 3 is 2.74 bits per heavy atom. The fraction of sp³-hybridized carbons (Fsp3) is 0.391. The molecule has 2 aromatic carbocycles. The van der Waals surface area contributed by atoms with Gasteiger partial charge >= 0.3 is 0 Å². The first-order valence-electron chi connectivity index (χ1n) is 10.8. The number of benzene rings is 2. The van der Waals surface area contributed by atoms with Crippen LogP contribution in [0.1, 0.15) is 12.0 Å². The van der Waals surface area contributed by atoms with Gasteiger partial charge in [-0.05, 0) is 30.2 Å². The second-order valence-electron chi connectivity index (χ2n) is 7.95. The number of aromatic nitrogens is 1. The summed E-state index contributed by atoms with van der Waals surface area (Å²) >= 11 is 1.11. The largest absolute Gasteiger partial charge is 0.454 e. The number of ether oxygens (including phenoxy) is 3. The molecule has 34 heavy (non-hydrogen) atoms. The Morgan fingerprint density at radius 2 is 1.91 bits per heavy atom. The summed E-state index contributed by atoms with van der Waals surface area (Å²) in [5.41, 5.74) is 0.853. The number of carbonyl (C=O) groups is 1. The minimum atomic E-state index is -0.732. The Kier molecular flexibility index (Phi) is 7.82. The van der Waals surface area contributed by atoms with Crippen molar-refractivity contribution in [2.45, 2.75) is 12.8 Å². The molecule has 2 aliphatic heterocycles. The Morgan fingerprint density at radius 1 is 1.12 bits per heavy atom. The fourth-order valence-electron chi connectivity index (χ4n) is 3.99. The van der Waals surface area contributed by atoms with Crippen molar-refractivity contribution in [3.05, 3.63) is 47.5 Å². The zero-order chi connectivity index (χ0) is 22.8. The molecule has 1 fully saturated rings. The zero-order valence-electron chi connectivity index (χ0n) is 18.3. The molecule has 2 aliphatic rings. The van der Waals surface area contributed by atoms with E-state index < -0.39 is 11.6 Å². The van der Waals surface area contributed by atoms with Gasteiger partial charge in [0, 0.05) is 32.2 Å². The fourth-order valence-corrected chi connectivity index (χ4v) is 5.03. The maximum atomic E-state index is 14.3. The van der Waals surface area contributed by atoms with Crippen LogP contribution >= 0.6 is 23.7 Å². The van der Waals surface area contributed by atoms with Crippen molar-refractivity contribution in [3.8, 4) is 11.5 Å². The average molecular weight is 512 g/mol. The smallest absolute Gasteiger partial charge is 0.233 e. The molecule has 0 atom stereocenters. The van der Waals surface area contributed by atoms with Crippen LogP contribution in [0.25, 0.3) is 10.2 Å². The zero-order valence-corrected chi connectivity index (χ0v) is 19.9. The number of anilines is 1. The Bertz CT molecular complexity index is 1170. The predicted octanol–water partition coefficient (Wildman–Crippen LogP) is 4.02. The van der Waals surface area contributed by atoms with E-state index in [1.807, 2.05) is 6.07 Å². The molecule has 0 N–H and O–H groups in total. The number of thiazole rings is 1. The van der Waals surface area contributed by atoms with Crippen LogP contribution in [0.3, 0.4) is 0 Å². The number of hydrogen-bond donors (Lipinski definition) is 0. The maximum Gasteiger partial charge on any atom is 0.233 e. The molecule has 3 heterocycles. The first-order valence-corrected chi connectivity index (χ1v) is 11.6. The van der Waals surface area contributed by atoms with Crippen LogP contribution in [-0.4, -0.2) is 62.0 Å². The van der Waals surface area contributed by atoms with Crippen LogP contribution < -0.4 is 14.4 Å². The van der Waals surface area contributed by atoms with Crippen molar-refractivity contribution in [2.75, 3.05) is 51.1 Å². The minimum Gasteiger partial charge on any atom is -0.454 e. The molecule has 0 bridgehead atoms. The summed E-state index contributed by atoms with van der Waals surface area (Å²) in [5.74, 6) is -0.311. The van der Waals surface area contributed by atoms with Gasteiger partial charge in [-0.2, -0.15) is 0 Å². The average Bonchev–Trinajstić information content (AvgIpc) is 3.44. The van der Waals surface area contributed by atoms with Gasteiger partial charge in [0.05, 0.1) is 24.3 Å². The third kappa shape index (κ3) is 5.41. The van der Waals surface area contributed by atoms with Gasteiger partial charge in [0.25, 0.3) is 0 Å². The molecule has 1 saturated heterocycles. The number of fused-ring (bicyclic) bond motifs is 2. The van der Waals surface area contributed by atoms with E-state index in [0.717, 1.165) is 49.0 Å². The maximum absolute atomic E-state index is 14.3. The van der Waals surface area contributed by atoms with Crippen molar-refractivity contribution in [1.82, 2.24) is 9.88 Å². The number of nitrogens with zero attached hydrogens (tertiary/aromatic N) is 3. The van der Waals surface area contributed by atoms with Crippen LogP contribution in [0, 0.1) is 11.6 Å². The molecule has 0 spiro atoms. The minimum absolute atomic E-state index is 0. The number of morpholine rings is 1. The van der Waals surface area contributed by atoms with E-state index in [-0.39, 0.29) is 37.0 Å². The molecule has 3 aromatic rings. The van der Waals surface area contributed by atoms with Crippen LogP contribution in [-0.2, 0) is 16.0 Å². The van der Waals surface area contributed by atoms with Gasteiger partial charge in [-0.3, -0.25) is 14.6 Å². The summed E-state index contributed by atoms with van der Waals surface area (Å²) in [7, 11) is 0. The summed E-state index contributed by atoms with van der Waals surface area (Å²) in [4.78, 5) is 21.6. The van der Waals surface area contributed by atoms with Gasteiger partial charge in [-0.15, -0.1) is 12.4 Å². The van der Waals surface area contributed by atoms with E-state index in [2.05, 4.69) is 9.88 Å². The Balaban J connectivity index is 0.00000274. The third-order valence-corrected chi connectivity index (χ3v) is 6.71. The number of amides is 1. The van der Waals surface area contributed by atoms with E-state index in [0.29, 0.717) is 41.1 Å². The molecule has 1 aromatic heterocycles. The van der Waals surface area contributed by atoms with Crippen LogP contribution in [0.5, 0.6) is 11.5 Å². The van der Waals surface area contributed by atoms with Crippen molar-refractivity contribution < 1.29 is 27.8 Å². The lowest BCUT2D eigenvalue weighted by molar-refractivity contribution is -0.118. The normalized spacial score (nSPS) is 15.4. The summed E-state index contributed by atoms with van der Waals surface area (Å²) in [6, 6.07) is 7.45. The van der Waals surface area contributed by atoms with Gasteiger partial charge in [0.1, 0.15) is 11.3 Å². The number of rotatable bonds is 7. The first-order chi connectivity index (χ1) is 16.1. The standard InChI is InChI=1S/C23H23F2N3O4S.ClH/c24-16-12-17(25)22-20(13-16)33-23(26-22)28(5-1-4-27-6-8-30-9-7-27)21(29)11-15-2-3-18-19(10-15)32-14-31-18;/h2-3,10,12-13H,1,4-9,11,14H2;1H. The summed E-state index contributed by atoms with van der Waals surface area (Å²) in [6.45, 7) is 4.52. The monoisotopic (exact) mass is 511 g/mol. The summed E-state index contributed by atoms with van der Waals surface area (Å²) in [6.07, 6.45) is 0.848. The molecule has 0 unspecified atom stereocenters. The molecule has 182 valence electrons. The quantitative estimate of drug-likeness (QED) is 0.477. The van der Waals surface area contributed by atoms with E-state index in [1.165, 1.54) is 6.07 Å². The topological polar surface area (TPSA) is 64.1 Å². The lowest BCUT2D eigenvalue weighted by Crippen LogP contribution is -2.39. The van der Waals surface area contributed by atoms with E-state index in [4.69, 9.17) is 14.2 Å². The van der Waals surface area contributed by atoms with E-state index in [1.54, 1.807) is 17.0 Å². The Labute approximate surface area is 205 Å². The first kappa shape index (κ1) is 24.6. The third-order valence-electron chi connectivity index (χ3n) is 5.69. The van der Waals surface area contributed by atoms with E-state index in [9.17, 15) is 13.6 Å². The van der Waals surface area contributed by atoms with Crippen LogP contribution in [0.4, 0.5) is 13.9 Å². The van der Waals surface area contributed by atoms with Gasteiger partial charge in [-0.1, -0.05) is 17.4 Å².